The first kappa shape index (κ1) is 16.1. The van der Waals surface area contributed by atoms with E-state index in [1.165, 1.54) is 22.9 Å². The number of fused-ring (bicyclic) bond motifs is 3. The summed E-state index contributed by atoms with van der Waals surface area (Å²) in [5, 5.41) is 6.06. The summed E-state index contributed by atoms with van der Waals surface area (Å²) < 4.78 is 7.30. The number of nitrogens with zero attached hydrogens (tertiary/aromatic N) is 3. The van der Waals surface area contributed by atoms with Gasteiger partial charge in [-0.2, -0.15) is 5.10 Å². The van der Waals surface area contributed by atoms with Crippen molar-refractivity contribution in [2.75, 3.05) is 7.11 Å². The second-order valence-corrected chi connectivity index (χ2v) is 7.03. The van der Waals surface area contributed by atoms with Gasteiger partial charge in [0.15, 0.2) is 5.65 Å². The Morgan fingerprint density at radius 1 is 0.926 bits per heavy atom. The van der Waals surface area contributed by atoms with Crippen molar-refractivity contribution in [1.82, 2.24) is 14.8 Å². The van der Waals surface area contributed by atoms with Crippen LogP contribution >= 0.6 is 0 Å². The van der Waals surface area contributed by atoms with Crippen LogP contribution in [0.3, 0.4) is 0 Å². The molecule has 2 aromatic heterocycles. The lowest BCUT2D eigenvalue weighted by atomic mass is 10.00. The minimum atomic E-state index is 0.863. The van der Waals surface area contributed by atoms with Crippen LogP contribution in [0.2, 0.25) is 0 Å². The van der Waals surface area contributed by atoms with Gasteiger partial charge in [0.25, 0.3) is 0 Å². The molecule has 2 heterocycles. The Balaban J connectivity index is 1.79. The smallest absolute Gasteiger partial charge is 0.164 e. The molecule has 0 bridgehead atoms. The first-order valence-electron chi connectivity index (χ1n) is 9.37. The van der Waals surface area contributed by atoms with E-state index in [1.807, 2.05) is 35.0 Å². The van der Waals surface area contributed by atoms with Crippen molar-refractivity contribution < 1.29 is 4.74 Å². The van der Waals surface area contributed by atoms with Crippen molar-refractivity contribution in [2.24, 2.45) is 0 Å². The first-order chi connectivity index (χ1) is 13.3. The molecular weight excluding hydrogens is 334 g/mol. The van der Waals surface area contributed by atoms with Crippen molar-refractivity contribution >= 4 is 11.0 Å². The quantitative estimate of drug-likeness (QED) is 0.525. The van der Waals surface area contributed by atoms with Crippen LogP contribution in [0.25, 0.3) is 28.0 Å². The topological polar surface area (TPSA) is 39.9 Å². The van der Waals surface area contributed by atoms with Crippen molar-refractivity contribution in [1.29, 1.82) is 0 Å². The summed E-state index contributed by atoms with van der Waals surface area (Å²) in [6.45, 7) is 2.09. The molecule has 0 radical (unpaired) electrons. The Hall–Kier alpha value is -3.14. The molecule has 0 fully saturated rings. The molecule has 4 nitrogen and oxygen atoms in total. The summed E-state index contributed by atoms with van der Waals surface area (Å²) in [5.41, 5.74) is 8.06. The summed E-state index contributed by atoms with van der Waals surface area (Å²) in [7, 11) is 1.69. The van der Waals surface area contributed by atoms with Crippen LogP contribution < -0.4 is 4.74 Å². The molecule has 1 aliphatic rings. The number of benzene rings is 2. The Bertz CT molecular complexity index is 1130. The van der Waals surface area contributed by atoms with Gasteiger partial charge >= 0.3 is 0 Å². The number of hydrogen-bond donors (Lipinski definition) is 0. The highest BCUT2D eigenvalue weighted by Gasteiger charge is 2.25. The SMILES string of the molecule is COc1ccc(-c2nc3c(c(C)nn3-c3ccccc3)c3c2CCC3)cc1. The third kappa shape index (κ3) is 2.52. The molecule has 2 aromatic carbocycles. The molecule has 134 valence electrons. The predicted octanol–water partition coefficient (Wildman–Crippen LogP) is 4.89. The average molecular weight is 355 g/mol. The van der Waals surface area contributed by atoms with Crippen molar-refractivity contribution in [3.63, 3.8) is 0 Å². The number of pyridine rings is 1. The summed E-state index contributed by atoms with van der Waals surface area (Å²) in [5.74, 6) is 0.863. The fourth-order valence-corrected chi connectivity index (χ4v) is 4.16. The molecule has 0 N–H and O–H groups in total. The summed E-state index contributed by atoms with van der Waals surface area (Å²) in [6, 6.07) is 18.5. The number of ether oxygens (including phenoxy) is 1. The fourth-order valence-electron chi connectivity index (χ4n) is 4.16. The molecule has 27 heavy (non-hydrogen) atoms. The summed E-state index contributed by atoms with van der Waals surface area (Å²) in [4.78, 5) is 5.13. The third-order valence-corrected chi connectivity index (χ3v) is 5.42. The second kappa shape index (κ2) is 6.23. The van der Waals surface area contributed by atoms with Gasteiger partial charge in [-0.15, -0.1) is 0 Å². The number of aryl methyl sites for hydroxylation is 2. The van der Waals surface area contributed by atoms with Crippen LogP contribution in [-0.2, 0) is 12.8 Å². The van der Waals surface area contributed by atoms with Gasteiger partial charge in [0.05, 0.1) is 24.2 Å². The third-order valence-electron chi connectivity index (χ3n) is 5.42. The van der Waals surface area contributed by atoms with Gasteiger partial charge in [-0.05, 0) is 73.7 Å². The van der Waals surface area contributed by atoms with E-state index in [2.05, 4.69) is 31.2 Å². The molecule has 4 heteroatoms. The Labute approximate surface area is 158 Å². The summed E-state index contributed by atoms with van der Waals surface area (Å²) >= 11 is 0. The van der Waals surface area contributed by atoms with Crippen LogP contribution in [0.1, 0.15) is 23.2 Å². The molecular formula is C23H21N3O. The van der Waals surface area contributed by atoms with Crippen LogP contribution in [0.4, 0.5) is 0 Å². The van der Waals surface area contributed by atoms with E-state index in [9.17, 15) is 0 Å². The maximum atomic E-state index is 5.31. The van der Waals surface area contributed by atoms with Gasteiger partial charge in [0.1, 0.15) is 5.75 Å². The molecule has 0 atom stereocenters. The maximum absolute atomic E-state index is 5.31. The largest absolute Gasteiger partial charge is 0.497 e. The number of aromatic nitrogens is 3. The number of hydrogen-bond acceptors (Lipinski definition) is 3. The Morgan fingerprint density at radius 2 is 1.67 bits per heavy atom. The van der Waals surface area contributed by atoms with Gasteiger partial charge in [-0.1, -0.05) is 18.2 Å². The van der Waals surface area contributed by atoms with E-state index in [0.29, 0.717) is 0 Å². The highest BCUT2D eigenvalue weighted by Crippen LogP contribution is 2.38. The van der Waals surface area contributed by atoms with E-state index < -0.39 is 0 Å². The van der Waals surface area contributed by atoms with E-state index in [4.69, 9.17) is 14.8 Å². The molecule has 0 unspecified atom stereocenters. The van der Waals surface area contributed by atoms with Crippen LogP contribution in [0.5, 0.6) is 5.75 Å². The highest BCUT2D eigenvalue weighted by molar-refractivity contribution is 5.89. The lowest BCUT2D eigenvalue weighted by Gasteiger charge is -2.11. The van der Waals surface area contributed by atoms with Crippen molar-refractivity contribution in [3.8, 4) is 22.7 Å². The zero-order valence-electron chi connectivity index (χ0n) is 15.6. The van der Waals surface area contributed by atoms with E-state index in [0.717, 1.165) is 46.9 Å². The molecule has 0 spiro atoms. The van der Waals surface area contributed by atoms with Gasteiger partial charge < -0.3 is 4.74 Å². The first-order valence-corrected chi connectivity index (χ1v) is 9.37. The van der Waals surface area contributed by atoms with Crippen LogP contribution in [-0.4, -0.2) is 21.9 Å². The number of rotatable bonds is 3. The molecule has 0 amide bonds. The Morgan fingerprint density at radius 3 is 2.41 bits per heavy atom. The van der Waals surface area contributed by atoms with Gasteiger partial charge in [0.2, 0.25) is 0 Å². The maximum Gasteiger partial charge on any atom is 0.164 e. The van der Waals surface area contributed by atoms with Crippen LogP contribution in [0, 0.1) is 6.92 Å². The highest BCUT2D eigenvalue weighted by atomic mass is 16.5. The fraction of sp³-hybridized carbons (Fsp3) is 0.217. The zero-order chi connectivity index (χ0) is 18.4. The standard InChI is InChI=1S/C23H21N3O/c1-15-21-19-9-6-10-20(19)22(16-11-13-18(27-2)14-12-16)24-23(21)26(25-15)17-7-4-3-5-8-17/h3-5,7-8,11-14H,6,9-10H2,1-2H3. The summed E-state index contributed by atoms with van der Waals surface area (Å²) in [6.07, 6.45) is 3.35. The monoisotopic (exact) mass is 355 g/mol. The van der Waals surface area contributed by atoms with E-state index >= 15 is 0 Å². The van der Waals surface area contributed by atoms with Gasteiger partial charge in [-0.25, -0.2) is 9.67 Å². The minimum Gasteiger partial charge on any atom is -0.497 e. The number of para-hydroxylation sites is 1. The lowest BCUT2D eigenvalue weighted by molar-refractivity contribution is 0.415. The second-order valence-electron chi connectivity index (χ2n) is 7.03. The Kier molecular flexibility index (Phi) is 3.71. The van der Waals surface area contributed by atoms with Crippen LogP contribution in [0.15, 0.2) is 54.6 Å². The van der Waals surface area contributed by atoms with Gasteiger partial charge in [0, 0.05) is 10.9 Å². The van der Waals surface area contributed by atoms with Crippen molar-refractivity contribution in [3.05, 3.63) is 71.4 Å². The van der Waals surface area contributed by atoms with E-state index in [-0.39, 0.29) is 0 Å². The average Bonchev–Trinajstić information content (AvgIpc) is 3.33. The number of methoxy groups -OCH3 is 1. The van der Waals surface area contributed by atoms with Gasteiger partial charge in [-0.3, -0.25) is 0 Å². The lowest BCUT2D eigenvalue weighted by Crippen LogP contribution is -2.00. The molecule has 5 rings (SSSR count). The molecule has 0 saturated heterocycles. The van der Waals surface area contributed by atoms with Crippen molar-refractivity contribution in [2.45, 2.75) is 26.2 Å². The molecule has 0 aliphatic heterocycles. The minimum absolute atomic E-state index is 0.863. The normalized spacial score (nSPS) is 13.1. The predicted molar refractivity (Wildman–Crippen MR) is 108 cm³/mol. The zero-order valence-corrected chi connectivity index (χ0v) is 15.6. The molecule has 4 aromatic rings. The van der Waals surface area contributed by atoms with E-state index in [1.54, 1.807) is 7.11 Å². The molecule has 0 saturated carbocycles. The molecule has 1 aliphatic carbocycles.